The van der Waals surface area contributed by atoms with Crippen molar-refractivity contribution in [1.82, 2.24) is 5.32 Å². The van der Waals surface area contributed by atoms with Gasteiger partial charge < -0.3 is 5.32 Å². The quantitative estimate of drug-likeness (QED) is 0.821. The zero-order valence-electron chi connectivity index (χ0n) is 8.68. The highest BCUT2D eigenvalue weighted by atomic mass is 19.2. The second kappa shape index (κ2) is 4.87. The number of hydrogen-bond donors (Lipinski definition) is 1. The Morgan fingerprint density at radius 2 is 2.07 bits per heavy atom. The molecule has 82 valence electrons. The van der Waals surface area contributed by atoms with Crippen molar-refractivity contribution in [2.45, 2.75) is 26.3 Å². The lowest BCUT2D eigenvalue weighted by Crippen LogP contribution is -2.25. The summed E-state index contributed by atoms with van der Waals surface area (Å²) >= 11 is 0. The number of benzene rings is 1. The molecule has 15 heavy (non-hydrogen) atoms. The van der Waals surface area contributed by atoms with Crippen LogP contribution in [0.3, 0.4) is 0 Å². The van der Waals surface area contributed by atoms with Crippen LogP contribution in [0.25, 0.3) is 0 Å². The standard InChI is InChI=1S/C11H13F2NO/c1-3-11(15)14-7(2)8-4-5-9(12)10(13)6-8/h4-7H,3H2,1-2H3,(H,14,15). The van der Waals surface area contributed by atoms with Crippen LogP contribution in [0.15, 0.2) is 18.2 Å². The van der Waals surface area contributed by atoms with Crippen LogP contribution in [-0.2, 0) is 4.79 Å². The first-order valence-electron chi connectivity index (χ1n) is 4.79. The third-order valence-corrected chi connectivity index (χ3v) is 2.14. The van der Waals surface area contributed by atoms with Gasteiger partial charge in [-0.15, -0.1) is 0 Å². The maximum Gasteiger partial charge on any atom is 0.220 e. The highest BCUT2D eigenvalue weighted by molar-refractivity contribution is 5.75. The number of hydrogen-bond acceptors (Lipinski definition) is 1. The highest BCUT2D eigenvalue weighted by Crippen LogP contribution is 2.15. The average Bonchev–Trinajstić information content (AvgIpc) is 2.21. The molecule has 0 radical (unpaired) electrons. The van der Waals surface area contributed by atoms with E-state index in [0.29, 0.717) is 12.0 Å². The van der Waals surface area contributed by atoms with Gasteiger partial charge in [-0.2, -0.15) is 0 Å². The van der Waals surface area contributed by atoms with Gasteiger partial charge in [0.05, 0.1) is 6.04 Å². The van der Waals surface area contributed by atoms with Crippen molar-refractivity contribution in [3.8, 4) is 0 Å². The molecule has 0 bridgehead atoms. The summed E-state index contributed by atoms with van der Waals surface area (Å²) in [5, 5.41) is 2.66. The molecule has 1 atom stereocenters. The molecule has 0 fully saturated rings. The zero-order chi connectivity index (χ0) is 11.4. The Labute approximate surface area is 87.3 Å². The summed E-state index contributed by atoms with van der Waals surface area (Å²) in [4.78, 5) is 11.1. The summed E-state index contributed by atoms with van der Waals surface area (Å²) in [7, 11) is 0. The number of rotatable bonds is 3. The maximum absolute atomic E-state index is 12.9. The third kappa shape index (κ3) is 3.01. The van der Waals surface area contributed by atoms with Gasteiger partial charge >= 0.3 is 0 Å². The Morgan fingerprint density at radius 3 is 2.60 bits per heavy atom. The molecule has 1 unspecified atom stereocenters. The minimum atomic E-state index is -0.898. The van der Waals surface area contributed by atoms with Gasteiger partial charge in [-0.3, -0.25) is 4.79 Å². The number of carbonyl (C=O) groups excluding carboxylic acids is 1. The molecule has 1 aromatic carbocycles. The molecule has 0 spiro atoms. The summed E-state index contributed by atoms with van der Waals surface area (Å²) in [5.41, 5.74) is 0.552. The molecule has 0 aliphatic rings. The van der Waals surface area contributed by atoms with Crippen LogP contribution in [0.1, 0.15) is 31.9 Å². The van der Waals surface area contributed by atoms with Crippen LogP contribution >= 0.6 is 0 Å². The lowest BCUT2D eigenvalue weighted by molar-refractivity contribution is -0.121. The second-order valence-corrected chi connectivity index (χ2v) is 3.32. The Balaban J connectivity index is 2.78. The summed E-state index contributed by atoms with van der Waals surface area (Å²) in [6.07, 6.45) is 0.369. The Hall–Kier alpha value is -1.45. The normalized spacial score (nSPS) is 12.3. The van der Waals surface area contributed by atoms with E-state index in [2.05, 4.69) is 5.32 Å². The molecular weight excluding hydrogens is 200 g/mol. The van der Waals surface area contributed by atoms with Crippen molar-refractivity contribution in [2.75, 3.05) is 0 Å². The fourth-order valence-corrected chi connectivity index (χ4v) is 1.21. The van der Waals surface area contributed by atoms with Crippen LogP contribution in [0.5, 0.6) is 0 Å². The largest absolute Gasteiger partial charge is 0.350 e. The molecule has 0 aromatic heterocycles. The summed E-state index contributed by atoms with van der Waals surface area (Å²) in [5.74, 6) is -1.90. The van der Waals surface area contributed by atoms with Crippen LogP contribution in [0.4, 0.5) is 8.78 Å². The molecule has 2 nitrogen and oxygen atoms in total. The SMILES string of the molecule is CCC(=O)NC(C)c1ccc(F)c(F)c1. The average molecular weight is 213 g/mol. The first-order chi connectivity index (χ1) is 7.04. The molecule has 1 rings (SSSR count). The van der Waals surface area contributed by atoms with Crippen molar-refractivity contribution in [3.05, 3.63) is 35.4 Å². The zero-order valence-corrected chi connectivity index (χ0v) is 8.68. The molecular formula is C11H13F2NO. The molecule has 0 heterocycles. The van der Waals surface area contributed by atoms with Crippen molar-refractivity contribution in [3.63, 3.8) is 0 Å². The van der Waals surface area contributed by atoms with Crippen LogP contribution in [0.2, 0.25) is 0 Å². The van der Waals surface area contributed by atoms with E-state index in [0.717, 1.165) is 12.1 Å². The molecule has 1 N–H and O–H groups in total. The molecule has 1 amide bonds. The molecule has 0 saturated carbocycles. The predicted octanol–water partition coefficient (Wildman–Crippen LogP) is 2.55. The molecule has 0 aliphatic carbocycles. The van der Waals surface area contributed by atoms with Crippen molar-refractivity contribution < 1.29 is 13.6 Å². The van der Waals surface area contributed by atoms with Gasteiger partial charge in [0, 0.05) is 6.42 Å². The Kier molecular flexibility index (Phi) is 3.77. The molecule has 0 saturated heterocycles. The van der Waals surface area contributed by atoms with E-state index in [4.69, 9.17) is 0 Å². The number of halogens is 2. The second-order valence-electron chi connectivity index (χ2n) is 3.32. The monoisotopic (exact) mass is 213 g/mol. The van der Waals surface area contributed by atoms with Crippen molar-refractivity contribution in [1.29, 1.82) is 0 Å². The van der Waals surface area contributed by atoms with Gasteiger partial charge in [0.2, 0.25) is 5.91 Å². The van der Waals surface area contributed by atoms with E-state index in [9.17, 15) is 13.6 Å². The predicted molar refractivity (Wildman–Crippen MR) is 53.2 cm³/mol. The summed E-state index contributed by atoms with van der Waals surface area (Å²) in [6, 6.07) is 3.29. The Bertz CT molecular complexity index is 366. The first kappa shape index (κ1) is 11.6. The smallest absolute Gasteiger partial charge is 0.220 e. The van der Waals surface area contributed by atoms with E-state index < -0.39 is 11.6 Å². The topological polar surface area (TPSA) is 29.1 Å². The highest BCUT2D eigenvalue weighted by Gasteiger charge is 2.10. The lowest BCUT2D eigenvalue weighted by Gasteiger charge is -2.13. The molecule has 4 heteroatoms. The minimum absolute atomic E-state index is 0.118. The first-order valence-corrected chi connectivity index (χ1v) is 4.79. The number of amides is 1. The van der Waals surface area contributed by atoms with Crippen LogP contribution in [-0.4, -0.2) is 5.91 Å². The van der Waals surface area contributed by atoms with E-state index in [1.54, 1.807) is 13.8 Å². The van der Waals surface area contributed by atoms with Gasteiger partial charge in [-0.05, 0) is 24.6 Å². The third-order valence-electron chi connectivity index (χ3n) is 2.14. The Morgan fingerprint density at radius 1 is 1.40 bits per heavy atom. The fourth-order valence-electron chi connectivity index (χ4n) is 1.21. The van der Waals surface area contributed by atoms with Gasteiger partial charge in [0.1, 0.15) is 0 Å². The van der Waals surface area contributed by atoms with E-state index in [-0.39, 0.29) is 11.9 Å². The lowest BCUT2D eigenvalue weighted by atomic mass is 10.1. The minimum Gasteiger partial charge on any atom is -0.350 e. The van der Waals surface area contributed by atoms with E-state index in [1.165, 1.54) is 6.07 Å². The summed E-state index contributed by atoms with van der Waals surface area (Å²) in [6.45, 7) is 3.45. The fraction of sp³-hybridized carbons (Fsp3) is 0.364. The van der Waals surface area contributed by atoms with Gasteiger partial charge in [-0.25, -0.2) is 8.78 Å². The van der Waals surface area contributed by atoms with E-state index in [1.807, 2.05) is 0 Å². The van der Waals surface area contributed by atoms with Gasteiger partial charge in [-0.1, -0.05) is 13.0 Å². The van der Waals surface area contributed by atoms with Crippen molar-refractivity contribution in [2.24, 2.45) is 0 Å². The maximum atomic E-state index is 12.9. The van der Waals surface area contributed by atoms with Crippen molar-refractivity contribution >= 4 is 5.91 Å². The van der Waals surface area contributed by atoms with Crippen LogP contribution in [0, 0.1) is 11.6 Å². The number of nitrogens with one attached hydrogen (secondary N) is 1. The summed E-state index contributed by atoms with van der Waals surface area (Å²) < 4.78 is 25.5. The molecule has 1 aromatic rings. The van der Waals surface area contributed by atoms with Gasteiger partial charge in [0.15, 0.2) is 11.6 Å². The van der Waals surface area contributed by atoms with Crippen LogP contribution < -0.4 is 5.32 Å². The number of carbonyl (C=O) groups is 1. The molecule has 0 aliphatic heterocycles. The van der Waals surface area contributed by atoms with Gasteiger partial charge in [0.25, 0.3) is 0 Å². The van der Waals surface area contributed by atoms with E-state index >= 15 is 0 Å².